The molecule has 0 saturated carbocycles. The van der Waals surface area contributed by atoms with Gasteiger partial charge in [0.1, 0.15) is 6.04 Å². The Balaban J connectivity index is 3.04. The highest BCUT2D eigenvalue weighted by Gasteiger charge is 2.25. The van der Waals surface area contributed by atoms with Crippen molar-refractivity contribution in [2.24, 2.45) is 0 Å². The molecular weight excluding hydrogens is 239 g/mol. The summed E-state index contributed by atoms with van der Waals surface area (Å²) in [6.45, 7) is 1.13. The third-order valence-corrected chi connectivity index (χ3v) is 3.15. The maximum Gasteiger partial charge on any atom is 0.321 e. The van der Waals surface area contributed by atoms with Crippen molar-refractivity contribution in [1.82, 2.24) is 9.71 Å². The topological polar surface area (TPSA) is 96.4 Å². The molecular formula is C8H9FN2O4S. The molecule has 0 unspecified atom stereocenters. The second kappa shape index (κ2) is 4.54. The van der Waals surface area contributed by atoms with E-state index in [2.05, 4.69) is 4.98 Å². The number of hydrogen-bond acceptors (Lipinski definition) is 4. The predicted octanol–water partition coefficient (Wildman–Crippen LogP) is -0.0279. The van der Waals surface area contributed by atoms with Crippen LogP contribution in [0.2, 0.25) is 0 Å². The molecule has 1 rings (SSSR count). The lowest BCUT2D eigenvalue weighted by Crippen LogP contribution is -2.38. The largest absolute Gasteiger partial charge is 0.480 e. The van der Waals surface area contributed by atoms with E-state index in [1.165, 1.54) is 6.07 Å². The maximum absolute atomic E-state index is 13.1. The first-order valence-corrected chi connectivity index (χ1v) is 5.68. The Kier molecular flexibility index (Phi) is 3.55. The SMILES string of the molecule is C[C@@H](NS(=O)(=O)c1ncccc1F)C(=O)O. The Bertz CT molecular complexity index is 503. The average Bonchev–Trinajstić information content (AvgIpc) is 2.17. The van der Waals surface area contributed by atoms with Crippen LogP contribution in [0, 0.1) is 5.82 Å². The summed E-state index contributed by atoms with van der Waals surface area (Å²) in [5.41, 5.74) is 0. The Morgan fingerprint density at radius 3 is 2.75 bits per heavy atom. The van der Waals surface area contributed by atoms with Gasteiger partial charge in [0.2, 0.25) is 5.03 Å². The number of sulfonamides is 1. The van der Waals surface area contributed by atoms with Crippen LogP contribution in [0.15, 0.2) is 23.4 Å². The van der Waals surface area contributed by atoms with Crippen LogP contribution in [-0.4, -0.2) is 30.5 Å². The summed E-state index contributed by atoms with van der Waals surface area (Å²) in [7, 11) is -4.25. The second-order valence-electron chi connectivity index (χ2n) is 2.97. The second-order valence-corrected chi connectivity index (χ2v) is 4.60. The number of halogens is 1. The zero-order valence-corrected chi connectivity index (χ0v) is 9.03. The fourth-order valence-electron chi connectivity index (χ4n) is 0.908. The maximum atomic E-state index is 13.1. The number of rotatable bonds is 4. The van der Waals surface area contributed by atoms with Crippen LogP contribution in [0.1, 0.15) is 6.92 Å². The van der Waals surface area contributed by atoms with Crippen molar-refractivity contribution in [1.29, 1.82) is 0 Å². The first-order valence-electron chi connectivity index (χ1n) is 4.20. The van der Waals surface area contributed by atoms with Gasteiger partial charge in [-0.1, -0.05) is 0 Å². The summed E-state index contributed by atoms with van der Waals surface area (Å²) in [5.74, 6) is -2.40. The monoisotopic (exact) mass is 248 g/mol. The molecule has 0 aliphatic heterocycles. The third kappa shape index (κ3) is 2.74. The number of carbonyl (C=O) groups is 1. The predicted molar refractivity (Wildman–Crippen MR) is 51.6 cm³/mol. The van der Waals surface area contributed by atoms with Gasteiger partial charge >= 0.3 is 5.97 Å². The number of hydrogen-bond donors (Lipinski definition) is 2. The van der Waals surface area contributed by atoms with E-state index in [9.17, 15) is 17.6 Å². The van der Waals surface area contributed by atoms with Crippen LogP contribution in [0.25, 0.3) is 0 Å². The minimum Gasteiger partial charge on any atom is -0.480 e. The molecule has 1 aromatic rings. The molecule has 0 amide bonds. The number of nitrogens with zero attached hydrogens (tertiary/aromatic N) is 1. The van der Waals surface area contributed by atoms with Crippen molar-refractivity contribution in [2.75, 3.05) is 0 Å². The molecule has 0 saturated heterocycles. The smallest absolute Gasteiger partial charge is 0.321 e. The van der Waals surface area contributed by atoms with Gasteiger partial charge in [-0.15, -0.1) is 0 Å². The van der Waals surface area contributed by atoms with E-state index in [4.69, 9.17) is 5.11 Å². The highest BCUT2D eigenvalue weighted by molar-refractivity contribution is 7.89. The van der Waals surface area contributed by atoms with E-state index in [-0.39, 0.29) is 0 Å². The number of carboxylic acids is 1. The molecule has 6 nitrogen and oxygen atoms in total. The van der Waals surface area contributed by atoms with Crippen molar-refractivity contribution in [2.45, 2.75) is 18.0 Å². The van der Waals surface area contributed by atoms with Crippen LogP contribution in [0.3, 0.4) is 0 Å². The fraction of sp³-hybridized carbons (Fsp3) is 0.250. The Morgan fingerprint density at radius 2 is 2.25 bits per heavy atom. The van der Waals surface area contributed by atoms with Gasteiger partial charge in [0.15, 0.2) is 5.82 Å². The van der Waals surface area contributed by atoms with E-state index >= 15 is 0 Å². The molecule has 16 heavy (non-hydrogen) atoms. The third-order valence-electron chi connectivity index (χ3n) is 1.68. The summed E-state index contributed by atoms with van der Waals surface area (Å²) in [6.07, 6.45) is 1.10. The molecule has 0 aliphatic carbocycles. The highest BCUT2D eigenvalue weighted by Crippen LogP contribution is 2.10. The summed E-state index contributed by atoms with van der Waals surface area (Å²) >= 11 is 0. The molecule has 88 valence electrons. The Hall–Kier alpha value is -1.54. The lowest BCUT2D eigenvalue weighted by Gasteiger charge is -2.09. The standard InChI is InChI=1S/C8H9FN2O4S/c1-5(8(12)13)11-16(14,15)7-6(9)3-2-4-10-7/h2-5,11H,1H3,(H,12,13)/t5-/m1/s1. The van der Waals surface area contributed by atoms with Gasteiger partial charge in [0, 0.05) is 6.20 Å². The highest BCUT2D eigenvalue weighted by atomic mass is 32.2. The lowest BCUT2D eigenvalue weighted by atomic mass is 10.4. The summed E-state index contributed by atoms with van der Waals surface area (Å²) in [6, 6.07) is 0.800. The fourth-order valence-corrected chi connectivity index (χ4v) is 2.11. The summed E-state index contributed by atoms with van der Waals surface area (Å²) in [5, 5.41) is 7.70. The normalized spacial score (nSPS) is 13.4. The van der Waals surface area contributed by atoms with Crippen LogP contribution < -0.4 is 4.72 Å². The number of carboxylic acid groups (broad SMARTS) is 1. The number of pyridine rings is 1. The van der Waals surface area contributed by atoms with Crippen molar-refractivity contribution in [3.63, 3.8) is 0 Å². The molecule has 0 aliphatic rings. The first-order chi connectivity index (χ1) is 7.34. The molecule has 1 atom stereocenters. The molecule has 0 aromatic carbocycles. The van der Waals surface area contributed by atoms with E-state index in [0.29, 0.717) is 0 Å². The zero-order chi connectivity index (χ0) is 12.3. The minimum absolute atomic E-state index is 0.817. The van der Waals surface area contributed by atoms with Gasteiger partial charge < -0.3 is 5.11 Å². The van der Waals surface area contributed by atoms with Crippen molar-refractivity contribution in [3.05, 3.63) is 24.1 Å². The summed E-state index contributed by atoms with van der Waals surface area (Å²) < 4.78 is 37.9. The van der Waals surface area contributed by atoms with Gasteiger partial charge in [0.05, 0.1) is 0 Å². The minimum atomic E-state index is -4.25. The molecule has 0 fully saturated rings. The molecule has 0 radical (unpaired) electrons. The van der Waals surface area contributed by atoms with Crippen molar-refractivity contribution >= 4 is 16.0 Å². The van der Waals surface area contributed by atoms with Gasteiger partial charge in [-0.25, -0.2) is 17.8 Å². The van der Waals surface area contributed by atoms with Crippen LogP contribution in [0.4, 0.5) is 4.39 Å². The molecule has 1 aromatic heterocycles. The van der Waals surface area contributed by atoms with Crippen LogP contribution in [-0.2, 0) is 14.8 Å². The van der Waals surface area contributed by atoms with Crippen LogP contribution in [0.5, 0.6) is 0 Å². The molecule has 2 N–H and O–H groups in total. The number of aliphatic carboxylic acids is 1. The zero-order valence-electron chi connectivity index (χ0n) is 8.21. The molecule has 8 heteroatoms. The van der Waals surface area contributed by atoms with Gasteiger partial charge in [-0.2, -0.15) is 4.72 Å². The van der Waals surface area contributed by atoms with Gasteiger partial charge in [0.25, 0.3) is 10.0 Å². The molecule has 0 spiro atoms. The Morgan fingerprint density at radius 1 is 1.62 bits per heavy atom. The first kappa shape index (κ1) is 12.5. The number of aromatic nitrogens is 1. The Labute approximate surface area is 91.2 Å². The van der Waals surface area contributed by atoms with E-state index < -0.39 is 32.9 Å². The average molecular weight is 248 g/mol. The quantitative estimate of drug-likeness (QED) is 0.780. The molecule has 0 bridgehead atoms. The number of nitrogens with one attached hydrogen (secondary N) is 1. The van der Waals surface area contributed by atoms with E-state index in [1.807, 2.05) is 0 Å². The van der Waals surface area contributed by atoms with Gasteiger partial charge in [-0.3, -0.25) is 4.79 Å². The van der Waals surface area contributed by atoms with Gasteiger partial charge in [-0.05, 0) is 19.1 Å². The lowest BCUT2D eigenvalue weighted by molar-refractivity contribution is -0.138. The van der Waals surface area contributed by atoms with Crippen molar-refractivity contribution in [3.8, 4) is 0 Å². The summed E-state index contributed by atoms with van der Waals surface area (Å²) in [4.78, 5) is 13.8. The molecule has 1 heterocycles. The van der Waals surface area contributed by atoms with E-state index in [0.717, 1.165) is 19.2 Å². The van der Waals surface area contributed by atoms with Crippen LogP contribution >= 0.6 is 0 Å². The van der Waals surface area contributed by atoms with Crippen molar-refractivity contribution < 1.29 is 22.7 Å². The van der Waals surface area contributed by atoms with E-state index in [1.54, 1.807) is 4.72 Å².